The fourth-order valence-electron chi connectivity index (χ4n) is 3.00. The van der Waals surface area contributed by atoms with Crippen molar-refractivity contribution in [3.63, 3.8) is 0 Å². The van der Waals surface area contributed by atoms with E-state index in [0.29, 0.717) is 5.02 Å². The van der Waals surface area contributed by atoms with E-state index in [2.05, 4.69) is 37.8 Å². The van der Waals surface area contributed by atoms with Gasteiger partial charge in [0.1, 0.15) is 0 Å². The molecule has 0 radical (unpaired) electrons. The molecule has 0 atom stereocenters. The number of hydrogen-bond acceptors (Lipinski definition) is 4. The second-order valence-electron chi connectivity index (χ2n) is 6.18. The van der Waals surface area contributed by atoms with Gasteiger partial charge in [0.15, 0.2) is 0 Å². The van der Waals surface area contributed by atoms with E-state index in [1.165, 1.54) is 5.56 Å². The molecule has 4 aromatic rings. The molecule has 1 N–H and O–H groups in total. The van der Waals surface area contributed by atoms with Crippen molar-refractivity contribution in [3.05, 3.63) is 70.4 Å². The van der Waals surface area contributed by atoms with Gasteiger partial charge >= 0.3 is 0 Å². The number of rotatable bonds is 7. The number of pyridine rings is 1. The van der Waals surface area contributed by atoms with Crippen LogP contribution in [0.4, 0.5) is 0 Å². The average molecular weight is 383 g/mol. The maximum Gasteiger partial charge on any atom is 0.0945 e. The smallest absolute Gasteiger partial charge is 0.0945 e. The summed E-state index contributed by atoms with van der Waals surface area (Å²) in [7, 11) is 0. The molecule has 0 aliphatic carbocycles. The van der Waals surface area contributed by atoms with E-state index < -0.39 is 0 Å². The van der Waals surface area contributed by atoms with Gasteiger partial charge in [-0.2, -0.15) is 11.3 Å². The average Bonchev–Trinajstić information content (AvgIpc) is 3.35. The van der Waals surface area contributed by atoms with Gasteiger partial charge in [-0.15, -0.1) is 0 Å². The molecule has 0 fully saturated rings. The lowest BCUT2D eigenvalue weighted by atomic mass is 10.1. The fourth-order valence-corrected chi connectivity index (χ4v) is 3.80. The quantitative estimate of drug-likeness (QED) is 0.458. The molecule has 0 spiro atoms. The Kier molecular flexibility index (Phi) is 5.29. The number of thiophene rings is 1. The molecule has 132 valence electrons. The zero-order valence-electron chi connectivity index (χ0n) is 14.2. The van der Waals surface area contributed by atoms with Crippen molar-refractivity contribution in [2.24, 2.45) is 0 Å². The fraction of sp³-hybridized carbons (Fsp3) is 0.200. The van der Waals surface area contributed by atoms with Crippen molar-refractivity contribution < 1.29 is 0 Å². The number of hydrogen-bond donors (Lipinski definition) is 1. The summed E-state index contributed by atoms with van der Waals surface area (Å²) in [5.41, 5.74) is 4.33. The Hall–Kier alpha value is -2.21. The molecule has 0 saturated heterocycles. The van der Waals surface area contributed by atoms with Gasteiger partial charge in [-0.3, -0.25) is 0 Å². The first-order valence-electron chi connectivity index (χ1n) is 8.58. The third kappa shape index (κ3) is 3.96. The zero-order chi connectivity index (χ0) is 17.8. The number of imidazole rings is 1. The first kappa shape index (κ1) is 17.2. The summed E-state index contributed by atoms with van der Waals surface area (Å²) in [5, 5.41) is 9.60. The van der Waals surface area contributed by atoms with Crippen molar-refractivity contribution in [1.29, 1.82) is 0 Å². The van der Waals surface area contributed by atoms with Gasteiger partial charge in [0, 0.05) is 46.8 Å². The molecule has 0 aliphatic heterocycles. The lowest BCUT2D eigenvalue weighted by molar-refractivity contribution is 0.581. The lowest BCUT2D eigenvalue weighted by Gasteiger charge is -2.11. The molecule has 0 saturated carbocycles. The van der Waals surface area contributed by atoms with Crippen LogP contribution in [0.2, 0.25) is 5.02 Å². The van der Waals surface area contributed by atoms with Crippen LogP contribution >= 0.6 is 22.9 Å². The van der Waals surface area contributed by atoms with Gasteiger partial charge in [0.2, 0.25) is 0 Å². The van der Waals surface area contributed by atoms with Crippen molar-refractivity contribution in [2.45, 2.75) is 19.5 Å². The molecule has 3 aromatic heterocycles. The first-order valence-corrected chi connectivity index (χ1v) is 9.90. The highest BCUT2D eigenvalue weighted by Crippen LogP contribution is 2.28. The summed E-state index contributed by atoms with van der Waals surface area (Å²) in [4.78, 5) is 8.96. The molecule has 1 aromatic carbocycles. The van der Waals surface area contributed by atoms with Gasteiger partial charge in [0.25, 0.3) is 0 Å². The molecule has 4 nitrogen and oxygen atoms in total. The van der Waals surface area contributed by atoms with Gasteiger partial charge < -0.3 is 9.88 Å². The van der Waals surface area contributed by atoms with E-state index in [1.54, 1.807) is 11.3 Å². The summed E-state index contributed by atoms with van der Waals surface area (Å²) in [6.07, 6.45) is 6.72. The maximum absolute atomic E-state index is 6.14. The Morgan fingerprint density at radius 1 is 1.19 bits per heavy atom. The lowest BCUT2D eigenvalue weighted by Crippen LogP contribution is -2.17. The Bertz CT molecular complexity index is 981. The molecule has 4 rings (SSSR count). The number of benzene rings is 1. The number of halogens is 1. The highest BCUT2D eigenvalue weighted by Gasteiger charge is 2.10. The van der Waals surface area contributed by atoms with Gasteiger partial charge in [-0.25, -0.2) is 9.97 Å². The van der Waals surface area contributed by atoms with Crippen LogP contribution in [-0.4, -0.2) is 21.1 Å². The van der Waals surface area contributed by atoms with Crippen LogP contribution in [0.25, 0.3) is 22.2 Å². The summed E-state index contributed by atoms with van der Waals surface area (Å²) >= 11 is 7.83. The predicted octanol–water partition coefficient (Wildman–Crippen LogP) is 4.99. The normalized spacial score (nSPS) is 11.3. The summed E-state index contributed by atoms with van der Waals surface area (Å²) < 4.78 is 2.10. The number of nitrogens with zero attached hydrogens (tertiary/aromatic N) is 3. The van der Waals surface area contributed by atoms with Gasteiger partial charge in [-0.1, -0.05) is 17.7 Å². The molecule has 0 bridgehead atoms. The van der Waals surface area contributed by atoms with Gasteiger partial charge in [0.05, 0.1) is 17.5 Å². The van der Waals surface area contributed by atoms with Crippen molar-refractivity contribution in [2.75, 3.05) is 6.54 Å². The van der Waals surface area contributed by atoms with Crippen LogP contribution in [0.1, 0.15) is 12.0 Å². The van der Waals surface area contributed by atoms with E-state index in [-0.39, 0.29) is 0 Å². The maximum atomic E-state index is 6.14. The minimum absolute atomic E-state index is 0.714. The Morgan fingerprint density at radius 3 is 2.96 bits per heavy atom. The van der Waals surface area contributed by atoms with Crippen LogP contribution in [0.3, 0.4) is 0 Å². The number of fused-ring (bicyclic) bond motifs is 1. The molecule has 6 heteroatoms. The van der Waals surface area contributed by atoms with E-state index in [0.717, 1.165) is 48.2 Å². The highest BCUT2D eigenvalue weighted by atomic mass is 35.5. The van der Waals surface area contributed by atoms with E-state index in [1.807, 2.05) is 36.9 Å². The van der Waals surface area contributed by atoms with Crippen LogP contribution in [0.15, 0.2) is 59.8 Å². The van der Waals surface area contributed by atoms with Crippen molar-refractivity contribution >= 4 is 33.8 Å². The molecular weight excluding hydrogens is 364 g/mol. The number of nitrogens with one attached hydrogen (secondary N) is 1. The van der Waals surface area contributed by atoms with E-state index in [4.69, 9.17) is 16.6 Å². The third-order valence-corrected chi connectivity index (χ3v) is 5.22. The zero-order valence-corrected chi connectivity index (χ0v) is 15.8. The van der Waals surface area contributed by atoms with Crippen molar-refractivity contribution in [1.82, 2.24) is 19.9 Å². The SMILES string of the molecule is Clc1ccc2cc(CNCCCn3ccnc3)c(-c3ccsc3)nc2c1. The molecule has 0 aliphatic rings. The summed E-state index contributed by atoms with van der Waals surface area (Å²) in [6, 6.07) is 10.2. The van der Waals surface area contributed by atoms with Crippen LogP contribution < -0.4 is 5.32 Å². The predicted molar refractivity (Wildman–Crippen MR) is 109 cm³/mol. The monoisotopic (exact) mass is 382 g/mol. The minimum atomic E-state index is 0.714. The topological polar surface area (TPSA) is 42.7 Å². The van der Waals surface area contributed by atoms with Crippen LogP contribution in [0, 0.1) is 0 Å². The first-order chi connectivity index (χ1) is 12.8. The van der Waals surface area contributed by atoms with Crippen LogP contribution in [-0.2, 0) is 13.1 Å². The molecule has 0 unspecified atom stereocenters. The summed E-state index contributed by atoms with van der Waals surface area (Å²) in [6.45, 7) is 2.71. The highest BCUT2D eigenvalue weighted by molar-refractivity contribution is 7.08. The van der Waals surface area contributed by atoms with E-state index in [9.17, 15) is 0 Å². The molecular formula is C20H19ClN4S. The second kappa shape index (κ2) is 7.99. The standard InChI is InChI=1S/C20H19ClN4S/c21-18-3-2-15-10-17(12-22-5-1-7-25-8-6-23-14-25)20(24-19(15)11-18)16-4-9-26-13-16/h2-4,6,8-11,13-14,22H,1,5,7,12H2. The number of aryl methyl sites for hydroxylation is 1. The molecule has 3 heterocycles. The Labute approximate surface area is 161 Å². The number of aromatic nitrogens is 3. The minimum Gasteiger partial charge on any atom is -0.337 e. The van der Waals surface area contributed by atoms with Gasteiger partial charge in [-0.05, 0) is 48.2 Å². The Balaban J connectivity index is 1.51. The largest absolute Gasteiger partial charge is 0.337 e. The van der Waals surface area contributed by atoms with Crippen LogP contribution in [0.5, 0.6) is 0 Å². The molecule has 26 heavy (non-hydrogen) atoms. The Morgan fingerprint density at radius 2 is 2.15 bits per heavy atom. The van der Waals surface area contributed by atoms with E-state index >= 15 is 0 Å². The second-order valence-corrected chi connectivity index (χ2v) is 7.39. The van der Waals surface area contributed by atoms with Crippen molar-refractivity contribution in [3.8, 4) is 11.3 Å². The summed E-state index contributed by atoms with van der Waals surface area (Å²) in [5.74, 6) is 0. The molecule has 0 amide bonds. The third-order valence-electron chi connectivity index (χ3n) is 4.30.